The highest BCUT2D eigenvalue weighted by Crippen LogP contribution is 2.20. The Morgan fingerprint density at radius 2 is 1.96 bits per heavy atom. The second-order valence-electron chi connectivity index (χ2n) is 6.77. The number of anilines is 1. The molecule has 6 nitrogen and oxygen atoms in total. The summed E-state index contributed by atoms with van der Waals surface area (Å²) in [5.41, 5.74) is 0.690. The largest absolute Gasteiger partial charge is 0.366 e. The van der Waals surface area contributed by atoms with E-state index in [0.29, 0.717) is 5.69 Å². The predicted octanol–water partition coefficient (Wildman–Crippen LogP) is 2.51. The van der Waals surface area contributed by atoms with Crippen LogP contribution < -0.4 is 10.2 Å². The number of imidazole rings is 1. The lowest BCUT2D eigenvalue weighted by atomic mass is 10.2. The Labute approximate surface area is 160 Å². The maximum atomic E-state index is 14.0. The zero-order chi connectivity index (χ0) is 19.1. The van der Waals surface area contributed by atoms with Crippen LogP contribution in [0.1, 0.15) is 18.7 Å². The standard InChI is InChI=1S/C20H29FN6/c1-17-23-10-12-25(17)11-6-5-9-24-20(22-2)27-15-13-26(14-16-27)19-8-4-3-7-18(19)21/h3-4,7-8,10,12H,5-6,9,11,13-16H2,1-2H3,(H,22,24). The molecular weight excluding hydrogens is 343 g/mol. The Balaban J connectivity index is 1.40. The number of para-hydroxylation sites is 1. The zero-order valence-electron chi connectivity index (χ0n) is 16.2. The fourth-order valence-corrected chi connectivity index (χ4v) is 3.45. The van der Waals surface area contributed by atoms with Crippen molar-refractivity contribution in [1.29, 1.82) is 0 Å². The minimum atomic E-state index is -0.151. The van der Waals surface area contributed by atoms with E-state index in [1.165, 1.54) is 6.07 Å². The van der Waals surface area contributed by atoms with Crippen LogP contribution in [0, 0.1) is 12.7 Å². The van der Waals surface area contributed by atoms with Gasteiger partial charge in [-0.15, -0.1) is 0 Å². The summed E-state index contributed by atoms with van der Waals surface area (Å²) in [5, 5.41) is 3.46. The van der Waals surface area contributed by atoms with Gasteiger partial charge in [0.15, 0.2) is 5.96 Å². The number of rotatable bonds is 6. The van der Waals surface area contributed by atoms with Gasteiger partial charge in [-0.1, -0.05) is 12.1 Å². The predicted molar refractivity (Wildman–Crippen MR) is 108 cm³/mol. The Hall–Kier alpha value is -2.57. The SMILES string of the molecule is CN=C(NCCCCn1ccnc1C)N1CCN(c2ccccc2F)CC1. The Kier molecular flexibility index (Phi) is 6.68. The molecule has 1 aromatic heterocycles. The molecule has 3 rings (SSSR count). The zero-order valence-corrected chi connectivity index (χ0v) is 16.2. The maximum Gasteiger partial charge on any atom is 0.193 e. The van der Waals surface area contributed by atoms with Crippen LogP contribution in [0.2, 0.25) is 0 Å². The van der Waals surface area contributed by atoms with Gasteiger partial charge in [0, 0.05) is 58.7 Å². The highest BCUT2D eigenvalue weighted by molar-refractivity contribution is 5.80. The Morgan fingerprint density at radius 1 is 1.19 bits per heavy atom. The molecule has 1 saturated heterocycles. The van der Waals surface area contributed by atoms with Gasteiger partial charge >= 0.3 is 0 Å². The summed E-state index contributed by atoms with van der Waals surface area (Å²) in [6.07, 6.45) is 6.04. The minimum absolute atomic E-state index is 0.151. The molecule has 0 atom stereocenters. The quantitative estimate of drug-likeness (QED) is 0.481. The van der Waals surface area contributed by atoms with Crippen LogP contribution in [0.3, 0.4) is 0 Å². The van der Waals surface area contributed by atoms with Crippen LogP contribution in [0.25, 0.3) is 0 Å². The molecule has 2 aromatic rings. The number of halogens is 1. The third-order valence-electron chi connectivity index (χ3n) is 5.02. The molecule has 1 aromatic carbocycles. The fraction of sp³-hybridized carbons (Fsp3) is 0.500. The van der Waals surface area contributed by atoms with E-state index < -0.39 is 0 Å². The second kappa shape index (κ2) is 9.39. The van der Waals surface area contributed by atoms with Crippen LogP contribution in [-0.2, 0) is 6.54 Å². The van der Waals surface area contributed by atoms with Crippen LogP contribution in [-0.4, -0.2) is 60.2 Å². The van der Waals surface area contributed by atoms with Crippen molar-refractivity contribution in [3.05, 3.63) is 48.3 Å². The highest BCUT2D eigenvalue weighted by Gasteiger charge is 2.21. The molecule has 0 spiro atoms. The van der Waals surface area contributed by atoms with Gasteiger partial charge in [-0.3, -0.25) is 4.99 Å². The first-order chi connectivity index (χ1) is 13.2. The van der Waals surface area contributed by atoms with Crippen molar-refractivity contribution in [3.8, 4) is 0 Å². The van der Waals surface area contributed by atoms with Crippen LogP contribution >= 0.6 is 0 Å². The van der Waals surface area contributed by atoms with Crippen molar-refractivity contribution in [2.45, 2.75) is 26.3 Å². The van der Waals surface area contributed by atoms with Crippen molar-refractivity contribution in [1.82, 2.24) is 19.8 Å². The van der Waals surface area contributed by atoms with E-state index in [1.807, 2.05) is 38.5 Å². The topological polar surface area (TPSA) is 48.7 Å². The van der Waals surface area contributed by atoms with Crippen LogP contribution in [0.15, 0.2) is 41.7 Å². The molecule has 1 N–H and O–H groups in total. The lowest BCUT2D eigenvalue weighted by molar-refractivity contribution is 0.370. The summed E-state index contributed by atoms with van der Waals surface area (Å²) in [6.45, 7) is 7.18. The van der Waals surface area contributed by atoms with Gasteiger partial charge in [0.2, 0.25) is 0 Å². The normalized spacial score (nSPS) is 15.3. The van der Waals surface area contributed by atoms with Crippen molar-refractivity contribution in [2.75, 3.05) is 44.7 Å². The van der Waals surface area contributed by atoms with Gasteiger partial charge in [-0.25, -0.2) is 9.37 Å². The van der Waals surface area contributed by atoms with Gasteiger partial charge in [-0.05, 0) is 31.9 Å². The average molecular weight is 372 g/mol. The fourth-order valence-electron chi connectivity index (χ4n) is 3.45. The number of nitrogens with one attached hydrogen (secondary N) is 1. The average Bonchev–Trinajstić information content (AvgIpc) is 3.10. The second-order valence-corrected chi connectivity index (χ2v) is 6.77. The third kappa shape index (κ3) is 4.99. The number of unbranched alkanes of at least 4 members (excludes halogenated alkanes) is 1. The molecule has 0 unspecified atom stereocenters. The lowest BCUT2D eigenvalue weighted by Gasteiger charge is -2.37. The number of nitrogens with zero attached hydrogens (tertiary/aromatic N) is 5. The number of hydrogen-bond donors (Lipinski definition) is 1. The molecule has 7 heteroatoms. The first-order valence-corrected chi connectivity index (χ1v) is 9.62. The molecule has 0 amide bonds. The van der Waals surface area contributed by atoms with Crippen molar-refractivity contribution in [3.63, 3.8) is 0 Å². The number of aryl methyl sites for hydroxylation is 2. The lowest BCUT2D eigenvalue weighted by Crippen LogP contribution is -2.52. The summed E-state index contributed by atoms with van der Waals surface area (Å²) in [6, 6.07) is 6.99. The molecule has 1 aliphatic heterocycles. The van der Waals surface area contributed by atoms with Crippen molar-refractivity contribution >= 4 is 11.6 Å². The molecule has 0 aliphatic carbocycles. The highest BCUT2D eigenvalue weighted by atomic mass is 19.1. The molecule has 27 heavy (non-hydrogen) atoms. The number of hydrogen-bond acceptors (Lipinski definition) is 3. The molecule has 1 fully saturated rings. The maximum absolute atomic E-state index is 14.0. The third-order valence-corrected chi connectivity index (χ3v) is 5.02. The van der Waals surface area contributed by atoms with Gasteiger partial charge in [0.1, 0.15) is 11.6 Å². The summed E-state index contributed by atoms with van der Waals surface area (Å²) < 4.78 is 16.1. The summed E-state index contributed by atoms with van der Waals surface area (Å²) >= 11 is 0. The Morgan fingerprint density at radius 3 is 2.63 bits per heavy atom. The van der Waals surface area contributed by atoms with E-state index in [2.05, 4.69) is 29.7 Å². The van der Waals surface area contributed by atoms with Gasteiger partial charge in [-0.2, -0.15) is 0 Å². The van der Waals surface area contributed by atoms with Crippen LogP contribution in [0.4, 0.5) is 10.1 Å². The number of guanidine groups is 1. The molecule has 0 bridgehead atoms. The van der Waals surface area contributed by atoms with E-state index in [9.17, 15) is 4.39 Å². The summed E-state index contributed by atoms with van der Waals surface area (Å²) in [5.74, 6) is 1.84. The summed E-state index contributed by atoms with van der Waals surface area (Å²) in [4.78, 5) is 13.0. The van der Waals surface area contributed by atoms with E-state index in [1.54, 1.807) is 6.07 Å². The molecule has 2 heterocycles. The first-order valence-electron chi connectivity index (χ1n) is 9.62. The number of benzene rings is 1. The number of aliphatic imine (C=N–C) groups is 1. The van der Waals surface area contributed by atoms with Gasteiger partial charge in [0.25, 0.3) is 0 Å². The Bertz CT molecular complexity index is 748. The van der Waals surface area contributed by atoms with E-state index in [0.717, 1.165) is 63.9 Å². The molecule has 0 radical (unpaired) electrons. The van der Waals surface area contributed by atoms with E-state index >= 15 is 0 Å². The minimum Gasteiger partial charge on any atom is -0.366 e. The van der Waals surface area contributed by atoms with Crippen molar-refractivity contribution < 1.29 is 4.39 Å². The van der Waals surface area contributed by atoms with Crippen molar-refractivity contribution in [2.24, 2.45) is 4.99 Å². The molecule has 146 valence electrons. The first kappa shape index (κ1) is 19.2. The van der Waals surface area contributed by atoms with Gasteiger partial charge in [0.05, 0.1) is 5.69 Å². The smallest absolute Gasteiger partial charge is 0.193 e. The summed E-state index contributed by atoms with van der Waals surface area (Å²) in [7, 11) is 1.82. The molecular formula is C20H29FN6. The van der Waals surface area contributed by atoms with Gasteiger partial charge < -0.3 is 19.7 Å². The molecule has 0 saturated carbocycles. The van der Waals surface area contributed by atoms with E-state index in [4.69, 9.17) is 0 Å². The molecule has 1 aliphatic rings. The number of aromatic nitrogens is 2. The monoisotopic (exact) mass is 372 g/mol. The van der Waals surface area contributed by atoms with E-state index in [-0.39, 0.29) is 5.82 Å². The number of piperazine rings is 1. The van der Waals surface area contributed by atoms with Crippen LogP contribution in [0.5, 0.6) is 0 Å².